The second-order valence-electron chi connectivity index (χ2n) is 6.29. The summed E-state index contributed by atoms with van der Waals surface area (Å²) in [6, 6.07) is 2.98. The minimum Gasteiger partial charge on any atom is -0.381 e. The summed E-state index contributed by atoms with van der Waals surface area (Å²) < 4.78 is 33.5. The molecule has 0 saturated carbocycles. The van der Waals surface area contributed by atoms with Gasteiger partial charge in [-0.15, -0.1) is 0 Å². The van der Waals surface area contributed by atoms with Crippen LogP contribution in [0.1, 0.15) is 18.4 Å². The van der Waals surface area contributed by atoms with Crippen molar-refractivity contribution in [2.75, 3.05) is 40.4 Å². The first-order valence-corrected chi connectivity index (χ1v) is 10.1. The molecule has 136 valence electrons. The second kappa shape index (κ2) is 8.34. The summed E-state index contributed by atoms with van der Waals surface area (Å²) in [7, 11) is 0.144. The predicted molar refractivity (Wildman–Crippen MR) is 97.5 cm³/mol. The molecule has 0 aromatic heterocycles. The van der Waals surface area contributed by atoms with Crippen LogP contribution in [0, 0.1) is 6.92 Å². The normalized spacial score (nSPS) is 17.0. The molecule has 0 spiro atoms. The molecule has 0 N–H and O–H groups in total. The van der Waals surface area contributed by atoms with Crippen LogP contribution in [-0.4, -0.2) is 64.1 Å². The van der Waals surface area contributed by atoms with Gasteiger partial charge in [-0.3, -0.25) is 0 Å². The second-order valence-corrected chi connectivity index (χ2v) is 8.97. The van der Waals surface area contributed by atoms with Gasteiger partial charge in [-0.25, -0.2) is 8.42 Å². The first kappa shape index (κ1) is 19.9. The van der Waals surface area contributed by atoms with E-state index < -0.39 is 10.0 Å². The summed E-state index contributed by atoms with van der Waals surface area (Å²) in [5.41, 5.74) is 0.694. The number of benzene rings is 1. The molecule has 1 saturated heterocycles. The van der Waals surface area contributed by atoms with E-state index in [-0.39, 0.29) is 16.0 Å². The van der Waals surface area contributed by atoms with Gasteiger partial charge >= 0.3 is 0 Å². The van der Waals surface area contributed by atoms with Gasteiger partial charge in [-0.1, -0.05) is 23.2 Å². The maximum absolute atomic E-state index is 13.3. The molecule has 2 rings (SSSR count). The highest BCUT2D eigenvalue weighted by atomic mass is 35.5. The Hall–Kier alpha value is -0.370. The van der Waals surface area contributed by atoms with E-state index >= 15 is 0 Å². The summed E-state index contributed by atoms with van der Waals surface area (Å²) in [6.45, 7) is 3.98. The Morgan fingerprint density at radius 3 is 2.33 bits per heavy atom. The van der Waals surface area contributed by atoms with E-state index in [1.54, 1.807) is 17.3 Å². The van der Waals surface area contributed by atoms with Crippen molar-refractivity contribution < 1.29 is 13.2 Å². The summed E-state index contributed by atoms with van der Waals surface area (Å²) in [6.07, 6.45) is 1.38. The molecule has 1 aliphatic heterocycles. The highest BCUT2D eigenvalue weighted by Crippen LogP contribution is 2.32. The standard InChI is InChI=1S/C16H24Cl2N2O3S/c1-12-10-16(15(18)11-14(12)17)24(21,22)20(7-6-19(2)3)13-4-8-23-9-5-13/h10-11,13H,4-9H2,1-3H3. The number of sulfonamides is 1. The fraction of sp³-hybridized carbons (Fsp3) is 0.625. The highest BCUT2D eigenvalue weighted by Gasteiger charge is 2.34. The number of hydrogen-bond donors (Lipinski definition) is 0. The van der Waals surface area contributed by atoms with Gasteiger partial charge in [-0.05, 0) is 51.6 Å². The van der Waals surface area contributed by atoms with E-state index in [9.17, 15) is 8.42 Å². The lowest BCUT2D eigenvalue weighted by Gasteiger charge is -2.34. The molecule has 0 radical (unpaired) electrons. The number of halogens is 2. The van der Waals surface area contributed by atoms with Crippen LogP contribution < -0.4 is 0 Å². The predicted octanol–water partition coefficient (Wildman–Crippen LogP) is 3.03. The van der Waals surface area contributed by atoms with Gasteiger partial charge in [0.25, 0.3) is 0 Å². The van der Waals surface area contributed by atoms with Crippen LogP contribution in [0.25, 0.3) is 0 Å². The zero-order valence-electron chi connectivity index (χ0n) is 14.3. The molecule has 0 aliphatic carbocycles. The molecule has 0 atom stereocenters. The quantitative estimate of drug-likeness (QED) is 0.743. The average Bonchev–Trinajstić information content (AvgIpc) is 2.51. The van der Waals surface area contributed by atoms with Gasteiger partial charge in [0.2, 0.25) is 10.0 Å². The lowest BCUT2D eigenvalue weighted by atomic mass is 10.1. The van der Waals surface area contributed by atoms with Gasteiger partial charge in [-0.2, -0.15) is 4.31 Å². The third-order valence-corrected chi connectivity index (χ3v) is 6.99. The number of ether oxygens (including phenoxy) is 1. The monoisotopic (exact) mass is 394 g/mol. The fourth-order valence-electron chi connectivity index (χ4n) is 2.73. The van der Waals surface area contributed by atoms with E-state index in [2.05, 4.69) is 0 Å². The Morgan fingerprint density at radius 1 is 1.12 bits per heavy atom. The van der Waals surface area contributed by atoms with Crippen molar-refractivity contribution in [3.63, 3.8) is 0 Å². The molecule has 8 heteroatoms. The Bertz CT molecular complexity index is 674. The third kappa shape index (κ3) is 4.62. The van der Waals surface area contributed by atoms with Gasteiger partial charge in [0, 0.05) is 37.4 Å². The largest absolute Gasteiger partial charge is 0.381 e. The molecule has 5 nitrogen and oxygen atoms in total. The molecular weight excluding hydrogens is 371 g/mol. The van der Waals surface area contributed by atoms with Crippen molar-refractivity contribution in [1.29, 1.82) is 0 Å². The minimum atomic E-state index is -3.71. The maximum atomic E-state index is 13.3. The van der Waals surface area contributed by atoms with Crippen molar-refractivity contribution >= 4 is 33.2 Å². The molecule has 0 unspecified atom stereocenters. The molecule has 1 aromatic rings. The Labute approximate surface area is 154 Å². The molecule has 1 heterocycles. The van der Waals surface area contributed by atoms with Gasteiger partial charge in [0.15, 0.2) is 0 Å². The van der Waals surface area contributed by atoms with Crippen LogP contribution in [0.3, 0.4) is 0 Å². The van der Waals surface area contributed by atoms with E-state index in [4.69, 9.17) is 27.9 Å². The number of aryl methyl sites for hydroxylation is 1. The lowest BCUT2D eigenvalue weighted by Crippen LogP contribution is -2.46. The van der Waals surface area contributed by atoms with Crippen LogP contribution >= 0.6 is 23.2 Å². The molecular formula is C16H24Cl2N2O3S. The molecule has 1 aliphatic rings. The van der Waals surface area contributed by atoms with Gasteiger partial charge in [0.1, 0.15) is 4.90 Å². The van der Waals surface area contributed by atoms with Crippen LogP contribution in [0.4, 0.5) is 0 Å². The molecule has 1 fully saturated rings. The average molecular weight is 395 g/mol. The Balaban J connectivity index is 2.40. The zero-order valence-corrected chi connectivity index (χ0v) is 16.6. The molecule has 0 bridgehead atoms. The highest BCUT2D eigenvalue weighted by molar-refractivity contribution is 7.89. The van der Waals surface area contributed by atoms with Crippen molar-refractivity contribution in [2.24, 2.45) is 0 Å². The first-order chi connectivity index (χ1) is 11.2. The lowest BCUT2D eigenvalue weighted by molar-refractivity contribution is 0.0573. The van der Waals surface area contributed by atoms with E-state index in [0.29, 0.717) is 49.7 Å². The Morgan fingerprint density at radius 2 is 1.75 bits per heavy atom. The SMILES string of the molecule is Cc1cc(S(=O)(=O)N(CCN(C)C)C2CCOCC2)c(Cl)cc1Cl. The number of nitrogens with zero attached hydrogens (tertiary/aromatic N) is 2. The summed E-state index contributed by atoms with van der Waals surface area (Å²) >= 11 is 12.3. The first-order valence-electron chi connectivity index (χ1n) is 7.93. The van der Waals surface area contributed by atoms with Crippen LogP contribution in [-0.2, 0) is 14.8 Å². The van der Waals surface area contributed by atoms with Crippen molar-refractivity contribution in [3.05, 3.63) is 27.7 Å². The van der Waals surface area contributed by atoms with E-state index in [1.807, 2.05) is 19.0 Å². The maximum Gasteiger partial charge on any atom is 0.244 e. The third-order valence-electron chi connectivity index (χ3n) is 4.17. The van der Waals surface area contributed by atoms with Crippen LogP contribution in [0.2, 0.25) is 10.0 Å². The van der Waals surface area contributed by atoms with E-state index in [1.165, 1.54) is 6.07 Å². The molecule has 0 amide bonds. The summed E-state index contributed by atoms with van der Waals surface area (Å²) in [5.74, 6) is 0. The minimum absolute atomic E-state index is 0.0734. The fourth-order valence-corrected chi connectivity index (χ4v) is 5.21. The number of rotatable bonds is 6. The van der Waals surface area contributed by atoms with Gasteiger partial charge < -0.3 is 9.64 Å². The summed E-state index contributed by atoms with van der Waals surface area (Å²) in [5, 5.41) is 0.623. The number of likely N-dealkylation sites (N-methyl/N-ethyl adjacent to an activating group) is 1. The number of hydrogen-bond acceptors (Lipinski definition) is 4. The van der Waals surface area contributed by atoms with Crippen molar-refractivity contribution in [3.8, 4) is 0 Å². The Kier molecular flexibility index (Phi) is 6.93. The van der Waals surface area contributed by atoms with Crippen LogP contribution in [0.15, 0.2) is 17.0 Å². The van der Waals surface area contributed by atoms with Crippen molar-refractivity contribution in [2.45, 2.75) is 30.7 Å². The van der Waals surface area contributed by atoms with Gasteiger partial charge in [0.05, 0.1) is 5.02 Å². The summed E-state index contributed by atoms with van der Waals surface area (Å²) in [4.78, 5) is 2.09. The smallest absolute Gasteiger partial charge is 0.244 e. The topological polar surface area (TPSA) is 49.9 Å². The zero-order chi connectivity index (χ0) is 17.9. The van der Waals surface area contributed by atoms with Crippen LogP contribution in [0.5, 0.6) is 0 Å². The molecule has 1 aromatic carbocycles. The van der Waals surface area contributed by atoms with Crippen molar-refractivity contribution in [1.82, 2.24) is 9.21 Å². The molecule has 24 heavy (non-hydrogen) atoms. The van der Waals surface area contributed by atoms with E-state index in [0.717, 1.165) is 0 Å².